The van der Waals surface area contributed by atoms with E-state index in [1.165, 1.54) is 6.33 Å². The number of thiocarbonyl (C=S) groups is 1. The van der Waals surface area contributed by atoms with E-state index in [0.29, 0.717) is 17.4 Å². The SMILES string of the molecule is NC(=S)c1cccnc1NCc1ccncn1. The van der Waals surface area contributed by atoms with Gasteiger partial charge in [-0.3, -0.25) is 0 Å². The molecule has 86 valence electrons. The number of hydrogen-bond acceptors (Lipinski definition) is 5. The number of nitrogens with zero attached hydrogens (tertiary/aromatic N) is 3. The van der Waals surface area contributed by atoms with E-state index in [-0.39, 0.29) is 0 Å². The first kappa shape index (κ1) is 11.4. The number of rotatable bonds is 4. The lowest BCUT2D eigenvalue weighted by molar-refractivity contribution is 0.995. The molecule has 0 aliphatic carbocycles. The lowest BCUT2D eigenvalue weighted by Crippen LogP contribution is -2.14. The molecule has 0 fully saturated rings. The second-order valence-electron chi connectivity index (χ2n) is 3.32. The third-order valence-corrected chi connectivity index (χ3v) is 2.37. The number of nitrogens with two attached hydrogens (primary N) is 1. The van der Waals surface area contributed by atoms with Gasteiger partial charge in [0.2, 0.25) is 0 Å². The molecule has 2 aromatic rings. The Labute approximate surface area is 104 Å². The van der Waals surface area contributed by atoms with E-state index in [1.807, 2.05) is 12.1 Å². The second-order valence-corrected chi connectivity index (χ2v) is 3.76. The van der Waals surface area contributed by atoms with Gasteiger partial charge in [0.15, 0.2) is 0 Å². The van der Waals surface area contributed by atoms with E-state index in [4.69, 9.17) is 18.0 Å². The summed E-state index contributed by atoms with van der Waals surface area (Å²) in [5.41, 5.74) is 7.22. The number of nitrogens with one attached hydrogen (secondary N) is 1. The summed E-state index contributed by atoms with van der Waals surface area (Å²) >= 11 is 4.95. The highest BCUT2D eigenvalue weighted by molar-refractivity contribution is 7.80. The van der Waals surface area contributed by atoms with Crippen LogP contribution in [-0.4, -0.2) is 19.9 Å². The van der Waals surface area contributed by atoms with Gasteiger partial charge < -0.3 is 11.1 Å². The third kappa shape index (κ3) is 2.94. The second kappa shape index (κ2) is 5.31. The van der Waals surface area contributed by atoms with Gasteiger partial charge in [-0.25, -0.2) is 15.0 Å². The molecule has 0 aromatic carbocycles. The van der Waals surface area contributed by atoms with Gasteiger partial charge in [0.1, 0.15) is 17.1 Å². The van der Waals surface area contributed by atoms with Crippen molar-refractivity contribution in [2.75, 3.05) is 5.32 Å². The molecule has 2 rings (SSSR count). The van der Waals surface area contributed by atoms with Crippen LogP contribution < -0.4 is 11.1 Å². The Balaban J connectivity index is 2.12. The highest BCUT2D eigenvalue weighted by atomic mass is 32.1. The van der Waals surface area contributed by atoms with E-state index < -0.39 is 0 Å². The minimum Gasteiger partial charge on any atom is -0.389 e. The Kier molecular flexibility index (Phi) is 3.56. The Morgan fingerprint density at radius 2 is 2.18 bits per heavy atom. The highest BCUT2D eigenvalue weighted by Gasteiger charge is 2.05. The third-order valence-electron chi connectivity index (χ3n) is 2.15. The maximum atomic E-state index is 5.61. The standard InChI is InChI=1S/C11H11N5S/c12-10(17)9-2-1-4-14-11(9)15-6-8-3-5-13-7-16-8/h1-5,7H,6H2,(H2,12,17)(H,14,15). The van der Waals surface area contributed by atoms with Crippen LogP contribution in [0.3, 0.4) is 0 Å². The van der Waals surface area contributed by atoms with Crippen molar-refractivity contribution in [1.82, 2.24) is 15.0 Å². The normalized spacial score (nSPS) is 9.88. The fourth-order valence-corrected chi connectivity index (χ4v) is 1.51. The molecule has 0 unspecified atom stereocenters. The van der Waals surface area contributed by atoms with E-state index >= 15 is 0 Å². The lowest BCUT2D eigenvalue weighted by atomic mass is 10.2. The van der Waals surface area contributed by atoms with Crippen LogP contribution in [0.25, 0.3) is 0 Å². The van der Waals surface area contributed by atoms with Crippen LogP contribution in [0.5, 0.6) is 0 Å². The van der Waals surface area contributed by atoms with Crippen molar-refractivity contribution in [2.45, 2.75) is 6.54 Å². The maximum absolute atomic E-state index is 5.61. The van der Waals surface area contributed by atoms with Gasteiger partial charge in [-0.15, -0.1) is 0 Å². The Hall–Kier alpha value is -2.08. The minimum absolute atomic E-state index is 0.322. The molecule has 0 aliphatic rings. The van der Waals surface area contributed by atoms with Crippen LogP contribution in [0.1, 0.15) is 11.3 Å². The molecule has 0 radical (unpaired) electrons. The summed E-state index contributed by atoms with van der Waals surface area (Å²) in [5.74, 6) is 0.665. The van der Waals surface area contributed by atoms with Gasteiger partial charge in [-0.1, -0.05) is 12.2 Å². The van der Waals surface area contributed by atoms with Crippen molar-refractivity contribution in [1.29, 1.82) is 0 Å². The monoisotopic (exact) mass is 245 g/mol. The van der Waals surface area contributed by atoms with Gasteiger partial charge in [0, 0.05) is 12.4 Å². The molecule has 0 bridgehead atoms. The molecular formula is C11H11N5S. The van der Waals surface area contributed by atoms with Gasteiger partial charge in [0.25, 0.3) is 0 Å². The summed E-state index contributed by atoms with van der Waals surface area (Å²) in [4.78, 5) is 12.5. The lowest BCUT2D eigenvalue weighted by Gasteiger charge is -2.08. The smallest absolute Gasteiger partial charge is 0.136 e. The zero-order chi connectivity index (χ0) is 12.1. The average Bonchev–Trinajstić information content (AvgIpc) is 2.38. The molecule has 3 N–H and O–H groups in total. The van der Waals surface area contributed by atoms with E-state index in [9.17, 15) is 0 Å². The summed E-state index contributed by atoms with van der Waals surface area (Å²) in [6.07, 6.45) is 4.88. The molecule has 5 nitrogen and oxygen atoms in total. The molecule has 0 saturated carbocycles. The van der Waals surface area contributed by atoms with Crippen LogP contribution in [0.4, 0.5) is 5.82 Å². The molecule has 0 saturated heterocycles. The van der Waals surface area contributed by atoms with Crippen LogP contribution in [-0.2, 0) is 6.54 Å². The predicted octanol–water partition coefficient (Wildman–Crippen LogP) is 1.12. The first-order chi connectivity index (χ1) is 8.27. The number of hydrogen-bond donors (Lipinski definition) is 2. The summed E-state index contributed by atoms with van der Waals surface area (Å²) in [6, 6.07) is 5.46. The number of pyridine rings is 1. The van der Waals surface area contributed by atoms with E-state index in [0.717, 1.165) is 11.3 Å². The molecule has 0 amide bonds. The number of aromatic nitrogens is 3. The van der Waals surface area contributed by atoms with E-state index in [2.05, 4.69) is 20.3 Å². The summed E-state index contributed by atoms with van der Waals surface area (Å²) in [5, 5.41) is 3.14. The Morgan fingerprint density at radius 1 is 1.29 bits per heavy atom. The van der Waals surface area contributed by atoms with Crippen LogP contribution in [0.2, 0.25) is 0 Å². The van der Waals surface area contributed by atoms with Crippen molar-refractivity contribution >= 4 is 23.0 Å². The van der Waals surface area contributed by atoms with E-state index in [1.54, 1.807) is 18.5 Å². The molecule has 17 heavy (non-hydrogen) atoms. The average molecular weight is 245 g/mol. The highest BCUT2D eigenvalue weighted by Crippen LogP contribution is 2.11. The van der Waals surface area contributed by atoms with Gasteiger partial charge >= 0.3 is 0 Å². The van der Waals surface area contributed by atoms with Crippen LogP contribution >= 0.6 is 12.2 Å². The summed E-state index contributed by atoms with van der Waals surface area (Å²) < 4.78 is 0. The van der Waals surface area contributed by atoms with Gasteiger partial charge in [-0.2, -0.15) is 0 Å². The fraction of sp³-hybridized carbons (Fsp3) is 0.0909. The predicted molar refractivity (Wildman–Crippen MR) is 69.5 cm³/mol. The minimum atomic E-state index is 0.322. The maximum Gasteiger partial charge on any atom is 0.136 e. The van der Waals surface area contributed by atoms with Gasteiger partial charge in [0.05, 0.1) is 17.8 Å². The molecule has 2 heterocycles. The van der Waals surface area contributed by atoms with Crippen molar-refractivity contribution in [2.24, 2.45) is 5.73 Å². The topological polar surface area (TPSA) is 76.7 Å². The molecule has 0 atom stereocenters. The Morgan fingerprint density at radius 3 is 2.88 bits per heavy atom. The first-order valence-corrected chi connectivity index (χ1v) is 5.42. The zero-order valence-electron chi connectivity index (χ0n) is 9.00. The fourth-order valence-electron chi connectivity index (χ4n) is 1.34. The van der Waals surface area contributed by atoms with Crippen molar-refractivity contribution in [3.63, 3.8) is 0 Å². The zero-order valence-corrected chi connectivity index (χ0v) is 9.81. The van der Waals surface area contributed by atoms with Crippen molar-refractivity contribution in [3.05, 3.63) is 48.2 Å². The molecular weight excluding hydrogens is 234 g/mol. The molecule has 0 spiro atoms. The van der Waals surface area contributed by atoms with Gasteiger partial charge in [-0.05, 0) is 18.2 Å². The number of anilines is 1. The van der Waals surface area contributed by atoms with Crippen LogP contribution in [0, 0.1) is 0 Å². The molecule has 2 aromatic heterocycles. The first-order valence-electron chi connectivity index (χ1n) is 5.01. The largest absolute Gasteiger partial charge is 0.389 e. The van der Waals surface area contributed by atoms with Crippen molar-refractivity contribution in [3.8, 4) is 0 Å². The Bertz CT molecular complexity index is 514. The molecule has 0 aliphatic heterocycles. The molecule has 6 heteroatoms. The quantitative estimate of drug-likeness (QED) is 0.786. The summed E-state index contributed by atoms with van der Waals surface area (Å²) in [7, 11) is 0. The van der Waals surface area contributed by atoms with Crippen LogP contribution in [0.15, 0.2) is 36.9 Å². The van der Waals surface area contributed by atoms with Crippen molar-refractivity contribution < 1.29 is 0 Å². The summed E-state index contributed by atoms with van der Waals surface area (Å²) in [6.45, 7) is 0.551.